The Kier molecular flexibility index (Phi) is 9.10. The first-order valence-corrected chi connectivity index (χ1v) is 8.17. The molecule has 5 nitrogen and oxygen atoms in total. The maximum absolute atomic E-state index is 11.3. The normalized spacial score (nSPS) is 17.9. The Morgan fingerprint density at radius 1 is 1.17 bits per heavy atom. The predicted octanol–water partition coefficient (Wildman–Crippen LogP) is -0.0844. The number of carbonyl (C=O) groups is 1. The second-order valence-corrected chi connectivity index (χ2v) is 5.32. The van der Waals surface area contributed by atoms with Gasteiger partial charge in [0, 0.05) is 29.9 Å². The van der Waals surface area contributed by atoms with E-state index in [0.717, 1.165) is 42.3 Å². The van der Waals surface area contributed by atoms with Crippen molar-refractivity contribution in [3.63, 3.8) is 0 Å². The molecule has 0 amide bonds. The Labute approximate surface area is 112 Å². The van der Waals surface area contributed by atoms with Crippen molar-refractivity contribution in [1.82, 2.24) is 0 Å². The van der Waals surface area contributed by atoms with Crippen LogP contribution in [0.4, 0.5) is 0 Å². The van der Waals surface area contributed by atoms with Crippen molar-refractivity contribution < 1.29 is 23.7 Å². The second-order valence-electron chi connectivity index (χ2n) is 4.32. The molecule has 1 heterocycles. The van der Waals surface area contributed by atoms with Gasteiger partial charge in [-0.1, -0.05) is 0 Å². The van der Waals surface area contributed by atoms with Crippen LogP contribution in [0.25, 0.3) is 0 Å². The van der Waals surface area contributed by atoms with Crippen LogP contribution in [0.3, 0.4) is 0 Å². The summed E-state index contributed by atoms with van der Waals surface area (Å²) in [6, 6.07) is 1.12. The molecule has 1 atom stereocenters. The van der Waals surface area contributed by atoms with E-state index in [2.05, 4.69) is 0 Å². The Balaban J connectivity index is 1.75. The highest BCUT2D eigenvalue weighted by atomic mass is 28.1. The molecule has 0 radical (unpaired) electrons. The van der Waals surface area contributed by atoms with Crippen molar-refractivity contribution in [1.29, 1.82) is 0 Å². The summed E-state index contributed by atoms with van der Waals surface area (Å²) in [5.41, 5.74) is 0. The zero-order valence-electron chi connectivity index (χ0n) is 11.2. The number of epoxide rings is 1. The number of esters is 1. The number of rotatable bonds is 12. The lowest BCUT2D eigenvalue weighted by Crippen LogP contribution is -2.11. The SMILES string of the molecule is O=C(CCCCOCC1CO1)OCCOCC[SiH3]. The Hall–Kier alpha value is -0.433. The summed E-state index contributed by atoms with van der Waals surface area (Å²) in [4.78, 5) is 11.3. The third-order valence-corrected chi connectivity index (χ3v) is 2.87. The van der Waals surface area contributed by atoms with Gasteiger partial charge in [0.2, 0.25) is 0 Å². The van der Waals surface area contributed by atoms with Gasteiger partial charge in [-0.15, -0.1) is 0 Å². The maximum Gasteiger partial charge on any atom is 0.305 e. The highest BCUT2D eigenvalue weighted by Crippen LogP contribution is 2.09. The van der Waals surface area contributed by atoms with Gasteiger partial charge in [-0.05, 0) is 18.9 Å². The summed E-state index contributed by atoms with van der Waals surface area (Å²) in [7, 11) is 1.16. The quantitative estimate of drug-likeness (QED) is 0.216. The molecule has 106 valence electrons. The van der Waals surface area contributed by atoms with E-state index in [9.17, 15) is 4.79 Å². The molecule has 0 aromatic rings. The number of hydrogen-bond acceptors (Lipinski definition) is 5. The van der Waals surface area contributed by atoms with E-state index in [-0.39, 0.29) is 5.97 Å². The van der Waals surface area contributed by atoms with Crippen LogP contribution in [-0.2, 0) is 23.7 Å². The van der Waals surface area contributed by atoms with E-state index in [4.69, 9.17) is 18.9 Å². The monoisotopic (exact) mass is 276 g/mol. The van der Waals surface area contributed by atoms with Crippen LogP contribution >= 0.6 is 0 Å². The molecule has 1 rings (SSSR count). The molecule has 0 bridgehead atoms. The van der Waals surface area contributed by atoms with Gasteiger partial charge in [0.05, 0.1) is 19.8 Å². The van der Waals surface area contributed by atoms with Crippen molar-refractivity contribution in [3.8, 4) is 0 Å². The zero-order chi connectivity index (χ0) is 13.1. The molecule has 6 heteroatoms. The Morgan fingerprint density at radius 3 is 2.72 bits per heavy atom. The molecule has 0 aliphatic carbocycles. The van der Waals surface area contributed by atoms with Crippen LogP contribution in [-0.4, -0.2) is 62.0 Å². The summed E-state index contributed by atoms with van der Waals surface area (Å²) in [5, 5.41) is 0. The average Bonchev–Trinajstić information content (AvgIpc) is 3.17. The van der Waals surface area contributed by atoms with Crippen LogP contribution in [0.5, 0.6) is 0 Å². The zero-order valence-corrected chi connectivity index (χ0v) is 13.2. The Bertz CT molecular complexity index is 221. The van der Waals surface area contributed by atoms with Crippen molar-refractivity contribution >= 4 is 16.2 Å². The van der Waals surface area contributed by atoms with Crippen LogP contribution in [0.1, 0.15) is 19.3 Å². The molecule has 1 unspecified atom stereocenters. The Morgan fingerprint density at radius 2 is 2.00 bits per heavy atom. The minimum atomic E-state index is -0.144. The number of carbonyl (C=O) groups excluding carboxylic acids is 1. The summed E-state index contributed by atoms with van der Waals surface area (Å²) in [6.07, 6.45) is 2.48. The van der Waals surface area contributed by atoms with Gasteiger partial charge in [0.1, 0.15) is 12.7 Å². The summed E-state index contributed by atoms with van der Waals surface area (Å²) >= 11 is 0. The smallest absolute Gasteiger partial charge is 0.305 e. The van der Waals surface area contributed by atoms with E-state index in [1.807, 2.05) is 0 Å². The van der Waals surface area contributed by atoms with E-state index < -0.39 is 0 Å². The van der Waals surface area contributed by atoms with Crippen molar-refractivity contribution in [3.05, 3.63) is 0 Å². The first-order chi connectivity index (χ1) is 8.83. The first-order valence-electron chi connectivity index (χ1n) is 6.75. The van der Waals surface area contributed by atoms with E-state index >= 15 is 0 Å². The molecule has 0 aromatic heterocycles. The van der Waals surface area contributed by atoms with E-state index in [1.54, 1.807) is 0 Å². The lowest BCUT2D eigenvalue weighted by Gasteiger charge is -2.05. The van der Waals surface area contributed by atoms with Gasteiger partial charge in [-0.3, -0.25) is 4.79 Å². The first kappa shape index (κ1) is 15.6. The molecular formula is C12H24O5Si. The van der Waals surface area contributed by atoms with Crippen molar-refractivity contribution in [2.24, 2.45) is 0 Å². The molecule has 1 aliphatic heterocycles. The maximum atomic E-state index is 11.3. The fraction of sp³-hybridized carbons (Fsp3) is 0.917. The lowest BCUT2D eigenvalue weighted by atomic mass is 10.2. The molecule has 1 fully saturated rings. The van der Waals surface area contributed by atoms with E-state index in [0.29, 0.717) is 39.0 Å². The largest absolute Gasteiger partial charge is 0.463 e. The molecule has 0 spiro atoms. The number of unbranched alkanes of at least 4 members (excludes halogenated alkanes) is 1. The second kappa shape index (κ2) is 10.5. The van der Waals surface area contributed by atoms with Crippen LogP contribution in [0, 0.1) is 0 Å². The number of hydrogen-bond donors (Lipinski definition) is 0. The third kappa shape index (κ3) is 9.58. The van der Waals surface area contributed by atoms with Gasteiger partial charge in [-0.2, -0.15) is 0 Å². The van der Waals surface area contributed by atoms with Gasteiger partial charge >= 0.3 is 5.97 Å². The fourth-order valence-corrected chi connectivity index (χ4v) is 1.67. The standard InChI is InChI=1S/C12H24O5Si/c13-12(16-6-5-14-7-8-18)3-1-2-4-15-9-11-10-17-11/h11H,1-10H2,18H3. The van der Waals surface area contributed by atoms with Gasteiger partial charge < -0.3 is 18.9 Å². The minimum Gasteiger partial charge on any atom is -0.463 e. The van der Waals surface area contributed by atoms with Crippen molar-refractivity contribution in [2.75, 3.05) is 39.6 Å². The highest BCUT2D eigenvalue weighted by Gasteiger charge is 2.21. The highest BCUT2D eigenvalue weighted by molar-refractivity contribution is 6.08. The van der Waals surface area contributed by atoms with Crippen LogP contribution in [0.2, 0.25) is 6.04 Å². The average molecular weight is 276 g/mol. The van der Waals surface area contributed by atoms with Gasteiger partial charge in [0.15, 0.2) is 0 Å². The van der Waals surface area contributed by atoms with E-state index in [1.165, 1.54) is 0 Å². The topological polar surface area (TPSA) is 57.3 Å². The fourth-order valence-electron chi connectivity index (χ4n) is 1.39. The molecule has 18 heavy (non-hydrogen) atoms. The van der Waals surface area contributed by atoms with Crippen LogP contribution < -0.4 is 0 Å². The molecular weight excluding hydrogens is 252 g/mol. The predicted molar refractivity (Wildman–Crippen MR) is 70.9 cm³/mol. The lowest BCUT2D eigenvalue weighted by molar-refractivity contribution is -0.145. The summed E-state index contributed by atoms with van der Waals surface area (Å²) in [5.74, 6) is -0.144. The molecule has 0 saturated carbocycles. The number of ether oxygens (including phenoxy) is 4. The summed E-state index contributed by atoms with van der Waals surface area (Å²) < 4.78 is 20.7. The van der Waals surface area contributed by atoms with Crippen LogP contribution in [0.15, 0.2) is 0 Å². The minimum absolute atomic E-state index is 0.144. The molecule has 1 aliphatic rings. The van der Waals surface area contributed by atoms with Gasteiger partial charge in [-0.25, -0.2) is 0 Å². The van der Waals surface area contributed by atoms with Gasteiger partial charge in [0.25, 0.3) is 0 Å². The molecule has 1 saturated heterocycles. The third-order valence-electron chi connectivity index (χ3n) is 2.46. The molecule has 0 N–H and O–H groups in total. The molecule has 0 aromatic carbocycles. The van der Waals surface area contributed by atoms with Crippen molar-refractivity contribution in [2.45, 2.75) is 31.4 Å². The summed E-state index contributed by atoms with van der Waals surface area (Å²) in [6.45, 7) is 3.87.